The highest BCUT2D eigenvalue weighted by molar-refractivity contribution is 7.91. The average molecular weight is 340 g/mol. The molecule has 23 heavy (non-hydrogen) atoms. The summed E-state index contributed by atoms with van der Waals surface area (Å²) in [6.45, 7) is 6.68. The van der Waals surface area contributed by atoms with Gasteiger partial charge in [0.25, 0.3) is 0 Å². The zero-order chi connectivity index (χ0) is 16.9. The van der Waals surface area contributed by atoms with E-state index in [-0.39, 0.29) is 18.0 Å². The molecule has 1 aliphatic heterocycles. The van der Waals surface area contributed by atoms with Crippen LogP contribution >= 0.6 is 0 Å². The van der Waals surface area contributed by atoms with Crippen LogP contribution in [0.4, 0.5) is 0 Å². The predicted octanol–water partition coefficient (Wildman–Crippen LogP) is 3.81. The van der Waals surface area contributed by atoms with E-state index in [1.807, 2.05) is 26.8 Å². The van der Waals surface area contributed by atoms with Gasteiger partial charge < -0.3 is 9.47 Å². The van der Waals surface area contributed by atoms with Crippen molar-refractivity contribution < 1.29 is 17.9 Å². The molecule has 2 atom stereocenters. The van der Waals surface area contributed by atoms with E-state index < -0.39 is 15.4 Å². The van der Waals surface area contributed by atoms with Gasteiger partial charge >= 0.3 is 0 Å². The van der Waals surface area contributed by atoms with Crippen LogP contribution in [0, 0.1) is 5.92 Å². The summed E-state index contributed by atoms with van der Waals surface area (Å²) in [5, 5.41) is 0. The van der Waals surface area contributed by atoms with Crippen LogP contribution in [0.3, 0.4) is 0 Å². The first-order chi connectivity index (χ1) is 10.8. The fourth-order valence-corrected chi connectivity index (χ4v) is 4.97. The fourth-order valence-electron chi connectivity index (χ4n) is 3.04. The highest BCUT2D eigenvalue weighted by atomic mass is 32.2. The Labute approximate surface area is 140 Å². The van der Waals surface area contributed by atoms with Gasteiger partial charge in [-0.3, -0.25) is 0 Å². The molecule has 5 heteroatoms. The Hall–Kier alpha value is -0.910. The van der Waals surface area contributed by atoms with E-state index in [0.29, 0.717) is 4.90 Å². The molecular weight excluding hydrogens is 312 g/mol. The molecule has 4 nitrogen and oxygen atoms in total. The number of hydrogen-bond donors (Lipinski definition) is 0. The molecule has 1 fully saturated rings. The van der Waals surface area contributed by atoms with Crippen LogP contribution in [0.5, 0.6) is 0 Å². The van der Waals surface area contributed by atoms with Crippen molar-refractivity contribution in [1.82, 2.24) is 0 Å². The van der Waals surface area contributed by atoms with Gasteiger partial charge in [0.1, 0.15) is 0 Å². The van der Waals surface area contributed by atoms with Gasteiger partial charge in [-0.25, -0.2) is 8.42 Å². The maximum atomic E-state index is 12.7. The van der Waals surface area contributed by atoms with Gasteiger partial charge in [0, 0.05) is 12.5 Å². The molecule has 0 aliphatic carbocycles. The maximum Gasteiger partial charge on any atom is 0.178 e. The minimum absolute atomic E-state index is 0.0850. The lowest BCUT2D eigenvalue weighted by Crippen LogP contribution is -2.42. The molecule has 1 aliphatic rings. The van der Waals surface area contributed by atoms with Crippen molar-refractivity contribution in [3.8, 4) is 0 Å². The average Bonchev–Trinajstić information content (AvgIpc) is 2.54. The molecule has 0 bridgehead atoms. The van der Waals surface area contributed by atoms with Gasteiger partial charge in [-0.05, 0) is 51.7 Å². The number of ether oxygens (including phenoxy) is 2. The van der Waals surface area contributed by atoms with Crippen molar-refractivity contribution >= 4 is 9.84 Å². The standard InChI is InChI=1S/C18H28O4S/c1-4-15(14-23(19,20)16-10-6-5-7-11-16)18(2,3)22-17-12-8-9-13-21-17/h5-7,10-11,15,17H,4,8-9,12-14H2,1-3H3/t15-,17?/m0/s1. The molecule has 0 aromatic heterocycles. The summed E-state index contributed by atoms with van der Waals surface area (Å²) in [5.74, 6) is 0.00554. The van der Waals surface area contributed by atoms with Gasteiger partial charge in [0.2, 0.25) is 0 Å². The van der Waals surface area contributed by atoms with Crippen LogP contribution < -0.4 is 0 Å². The first kappa shape index (κ1) is 18.4. The summed E-state index contributed by atoms with van der Waals surface area (Å²) in [6, 6.07) is 8.64. The molecule has 0 saturated carbocycles. The first-order valence-corrected chi connectivity index (χ1v) is 10.1. The third-order valence-electron chi connectivity index (χ3n) is 4.57. The molecular formula is C18H28O4S. The zero-order valence-corrected chi connectivity index (χ0v) is 15.1. The van der Waals surface area contributed by atoms with Crippen molar-refractivity contribution in [3.05, 3.63) is 30.3 Å². The van der Waals surface area contributed by atoms with E-state index >= 15 is 0 Å². The summed E-state index contributed by atoms with van der Waals surface area (Å²) in [6.07, 6.45) is 3.57. The summed E-state index contributed by atoms with van der Waals surface area (Å²) in [4.78, 5) is 0.378. The third-order valence-corrected chi connectivity index (χ3v) is 6.40. The molecule has 130 valence electrons. The molecule has 1 aromatic carbocycles. The van der Waals surface area contributed by atoms with Gasteiger partial charge in [0.15, 0.2) is 16.1 Å². The molecule has 0 radical (unpaired) electrons. The number of rotatable bonds is 7. The van der Waals surface area contributed by atoms with Crippen molar-refractivity contribution in [3.63, 3.8) is 0 Å². The molecule has 1 saturated heterocycles. The smallest absolute Gasteiger partial charge is 0.178 e. The van der Waals surface area contributed by atoms with Crippen LogP contribution in [-0.4, -0.2) is 32.7 Å². The second-order valence-electron chi connectivity index (χ2n) is 6.72. The quantitative estimate of drug-likeness (QED) is 0.757. The second-order valence-corrected chi connectivity index (χ2v) is 8.75. The highest BCUT2D eigenvalue weighted by Gasteiger charge is 2.36. The number of hydrogen-bond acceptors (Lipinski definition) is 4. The van der Waals surface area contributed by atoms with Gasteiger partial charge in [-0.2, -0.15) is 0 Å². The van der Waals surface area contributed by atoms with Crippen LogP contribution in [0.1, 0.15) is 46.5 Å². The number of benzene rings is 1. The predicted molar refractivity (Wildman–Crippen MR) is 91.0 cm³/mol. The minimum atomic E-state index is -3.32. The summed E-state index contributed by atoms with van der Waals surface area (Å²) in [7, 11) is -3.32. The Bertz CT molecular complexity index is 574. The van der Waals surface area contributed by atoms with Crippen LogP contribution in [-0.2, 0) is 19.3 Å². The van der Waals surface area contributed by atoms with Gasteiger partial charge in [-0.15, -0.1) is 0 Å². The van der Waals surface area contributed by atoms with E-state index in [4.69, 9.17) is 9.47 Å². The normalized spacial score (nSPS) is 21.1. The molecule has 0 spiro atoms. The molecule has 1 aromatic rings. The van der Waals surface area contributed by atoms with E-state index in [0.717, 1.165) is 32.3 Å². The van der Waals surface area contributed by atoms with Gasteiger partial charge in [0.05, 0.1) is 16.2 Å². The van der Waals surface area contributed by atoms with Crippen molar-refractivity contribution in [1.29, 1.82) is 0 Å². The van der Waals surface area contributed by atoms with Crippen LogP contribution in [0.15, 0.2) is 35.2 Å². The molecule has 2 rings (SSSR count). The Kier molecular flexibility index (Phi) is 6.23. The Morgan fingerprint density at radius 2 is 1.96 bits per heavy atom. The molecule has 0 amide bonds. The van der Waals surface area contributed by atoms with Crippen molar-refractivity contribution in [2.75, 3.05) is 12.4 Å². The second kappa shape index (κ2) is 7.77. The van der Waals surface area contributed by atoms with Gasteiger partial charge in [-0.1, -0.05) is 25.1 Å². The summed E-state index contributed by atoms with van der Waals surface area (Å²) < 4.78 is 37.1. The maximum absolute atomic E-state index is 12.7. The lowest BCUT2D eigenvalue weighted by molar-refractivity contribution is -0.227. The van der Waals surface area contributed by atoms with E-state index in [1.165, 1.54) is 0 Å². The lowest BCUT2D eigenvalue weighted by atomic mass is 9.90. The van der Waals surface area contributed by atoms with E-state index in [2.05, 4.69) is 0 Å². The van der Waals surface area contributed by atoms with E-state index in [9.17, 15) is 8.42 Å². The van der Waals surface area contributed by atoms with Crippen LogP contribution in [0.25, 0.3) is 0 Å². The highest BCUT2D eigenvalue weighted by Crippen LogP contribution is 2.31. The SMILES string of the molecule is CC[C@@H](CS(=O)(=O)c1ccccc1)C(C)(C)OC1CCCCO1. The molecule has 1 unspecified atom stereocenters. The van der Waals surface area contributed by atoms with Crippen molar-refractivity contribution in [2.24, 2.45) is 5.92 Å². The Morgan fingerprint density at radius 3 is 2.52 bits per heavy atom. The zero-order valence-electron chi connectivity index (χ0n) is 14.3. The largest absolute Gasteiger partial charge is 0.353 e. The third kappa shape index (κ3) is 5.03. The monoisotopic (exact) mass is 340 g/mol. The Balaban J connectivity index is 2.08. The summed E-state index contributed by atoms with van der Waals surface area (Å²) >= 11 is 0. The summed E-state index contributed by atoms with van der Waals surface area (Å²) in [5.41, 5.74) is -0.543. The lowest BCUT2D eigenvalue weighted by Gasteiger charge is -2.38. The Morgan fingerprint density at radius 1 is 1.26 bits per heavy atom. The fraction of sp³-hybridized carbons (Fsp3) is 0.667. The minimum Gasteiger partial charge on any atom is -0.353 e. The first-order valence-electron chi connectivity index (χ1n) is 8.42. The number of sulfone groups is 1. The molecule has 0 N–H and O–H groups in total. The van der Waals surface area contributed by atoms with Crippen LogP contribution in [0.2, 0.25) is 0 Å². The van der Waals surface area contributed by atoms with E-state index in [1.54, 1.807) is 24.3 Å². The molecule has 1 heterocycles. The van der Waals surface area contributed by atoms with Crippen molar-refractivity contribution in [2.45, 2.75) is 63.2 Å². The topological polar surface area (TPSA) is 52.6 Å².